The molecule has 8 heteroatoms. The standard InChI is InChI=1S/C20H15Cl2N3O2S/c1-2-16-24-18-12-5-3-4-6-15(12)27-19(18)20(25-16)28-10-17(26)23-11-7-8-13(21)14(22)9-11/h3-9H,2,10H2,1H3,(H,23,26). The third-order valence-electron chi connectivity index (χ3n) is 4.09. The number of nitrogens with zero attached hydrogens (tertiary/aromatic N) is 2. The minimum Gasteiger partial charge on any atom is -0.451 e. The molecule has 1 amide bonds. The normalized spacial score (nSPS) is 11.2. The highest BCUT2D eigenvalue weighted by atomic mass is 35.5. The lowest BCUT2D eigenvalue weighted by Crippen LogP contribution is -2.14. The Morgan fingerprint density at radius 2 is 1.96 bits per heavy atom. The van der Waals surface area contributed by atoms with E-state index in [2.05, 4.69) is 15.3 Å². The maximum atomic E-state index is 12.4. The Balaban J connectivity index is 1.58. The Hall–Kier alpha value is -2.28. The molecule has 0 saturated heterocycles. The topological polar surface area (TPSA) is 68.0 Å². The second-order valence-corrected chi connectivity index (χ2v) is 7.82. The molecule has 0 aliphatic rings. The Morgan fingerprint density at radius 1 is 1.14 bits per heavy atom. The van der Waals surface area contributed by atoms with E-state index in [1.165, 1.54) is 11.8 Å². The van der Waals surface area contributed by atoms with Crippen LogP contribution in [0.1, 0.15) is 12.7 Å². The zero-order valence-electron chi connectivity index (χ0n) is 14.8. The minimum atomic E-state index is -0.177. The maximum absolute atomic E-state index is 12.4. The van der Waals surface area contributed by atoms with E-state index in [9.17, 15) is 4.79 Å². The van der Waals surface area contributed by atoms with Gasteiger partial charge in [-0.2, -0.15) is 0 Å². The van der Waals surface area contributed by atoms with E-state index in [1.807, 2.05) is 31.2 Å². The Kier molecular flexibility index (Phi) is 5.44. The highest BCUT2D eigenvalue weighted by Crippen LogP contribution is 2.33. The van der Waals surface area contributed by atoms with Crippen LogP contribution in [-0.2, 0) is 11.2 Å². The van der Waals surface area contributed by atoms with Crippen LogP contribution in [0.15, 0.2) is 51.9 Å². The van der Waals surface area contributed by atoms with Gasteiger partial charge in [0.1, 0.15) is 22.0 Å². The molecule has 0 saturated carbocycles. The first-order valence-electron chi connectivity index (χ1n) is 8.61. The van der Waals surface area contributed by atoms with E-state index in [-0.39, 0.29) is 11.7 Å². The lowest BCUT2D eigenvalue weighted by Gasteiger charge is -2.07. The lowest BCUT2D eigenvalue weighted by atomic mass is 10.2. The highest BCUT2D eigenvalue weighted by Gasteiger charge is 2.16. The molecule has 0 spiro atoms. The number of aromatic nitrogens is 2. The molecule has 0 aliphatic carbocycles. The quantitative estimate of drug-likeness (QED) is 0.311. The number of anilines is 1. The van der Waals surface area contributed by atoms with Gasteiger partial charge in [-0.15, -0.1) is 0 Å². The van der Waals surface area contributed by atoms with E-state index >= 15 is 0 Å². The number of para-hydroxylation sites is 1. The van der Waals surface area contributed by atoms with Gasteiger partial charge in [0, 0.05) is 17.5 Å². The number of fused-ring (bicyclic) bond motifs is 3. The van der Waals surface area contributed by atoms with Crippen LogP contribution in [0, 0.1) is 0 Å². The second-order valence-electron chi connectivity index (χ2n) is 6.04. The molecule has 2 aromatic carbocycles. The Bertz CT molecular complexity index is 1190. The summed E-state index contributed by atoms with van der Waals surface area (Å²) in [6.07, 6.45) is 0.693. The van der Waals surface area contributed by atoms with Gasteiger partial charge in [0.2, 0.25) is 5.91 Å². The molecule has 0 fully saturated rings. The summed E-state index contributed by atoms with van der Waals surface area (Å²) >= 11 is 13.2. The SMILES string of the molecule is CCc1nc(SCC(=O)Nc2ccc(Cl)c(Cl)c2)c2oc3ccccc3c2n1. The number of nitrogens with one attached hydrogen (secondary N) is 1. The van der Waals surface area contributed by atoms with Crippen LogP contribution in [-0.4, -0.2) is 21.6 Å². The van der Waals surface area contributed by atoms with E-state index < -0.39 is 0 Å². The number of furan rings is 1. The molecular formula is C20H15Cl2N3O2S. The molecule has 0 bridgehead atoms. The summed E-state index contributed by atoms with van der Waals surface area (Å²) in [4.78, 5) is 21.5. The van der Waals surface area contributed by atoms with Gasteiger partial charge in [0.25, 0.3) is 0 Å². The van der Waals surface area contributed by atoms with E-state index in [1.54, 1.807) is 18.2 Å². The average molecular weight is 432 g/mol. The molecule has 5 nitrogen and oxygen atoms in total. The Labute approximate surface area is 175 Å². The van der Waals surface area contributed by atoms with E-state index in [4.69, 9.17) is 27.6 Å². The molecule has 2 aromatic heterocycles. The summed E-state index contributed by atoms with van der Waals surface area (Å²) < 4.78 is 5.95. The van der Waals surface area contributed by atoms with Gasteiger partial charge in [-0.05, 0) is 30.3 Å². The van der Waals surface area contributed by atoms with Crippen LogP contribution in [0.2, 0.25) is 10.0 Å². The van der Waals surface area contributed by atoms with Gasteiger partial charge in [-0.1, -0.05) is 54.0 Å². The van der Waals surface area contributed by atoms with Crippen LogP contribution in [0.4, 0.5) is 5.69 Å². The Morgan fingerprint density at radius 3 is 2.75 bits per heavy atom. The summed E-state index contributed by atoms with van der Waals surface area (Å²) in [6.45, 7) is 1.99. The lowest BCUT2D eigenvalue weighted by molar-refractivity contribution is -0.113. The smallest absolute Gasteiger partial charge is 0.234 e. The third kappa shape index (κ3) is 3.81. The zero-order chi connectivity index (χ0) is 19.7. The van der Waals surface area contributed by atoms with Crippen molar-refractivity contribution in [2.24, 2.45) is 0 Å². The summed E-state index contributed by atoms with van der Waals surface area (Å²) in [5, 5.41) is 5.23. The van der Waals surface area contributed by atoms with Crippen molar-refractivity contribution in [1.82, 2.24) is 9.97 Å². The van der Waals surface area contributed by atoms with Crippen LogP contribution in [0.3, 0.4) is 0 Å². The number of aryl methyl sites for hydroxylation is 1. The number of carbonyl (C=O) groups is 1. The maximum Gasteiger partial charge on any atom is 0.234 e. The molecule has 0 radical (unpaired) electrons. The predicted molar refractivity (Wildman–Crippen MR) is 115 cm³/mol. The number of benzene rings is 2. The van der Waals surface area contributed by atoms with Crippen molar-refractivity contribution < 1.29 is 9.21 Å². The van der Waals surface area contributed by atoms with Gasteiger partial charge < -0.3 is 9.73 Å². The fraction of sp³-hybridized carbons (Fsp3) is 0.150. The summed E-state index contributed by atoms with van der Waals surface area (Å²) in [5.41, 5.74) is 2.72. The van der Waals surface area contributed by atoms with Gasteiger partial charge in [-0.3, -0.25) is 4.79 Å². The van der Waals surface area contributed by atoms with Crippen molar-refractivity contribution in [2.45, 2.75) is 18.4 Å². The molecule has 0 atom stereocenters. The number of hydrogen-bond donors (Lipinski definition) is 1. The van der Waals surface area contributed by atoms with Crippen LogP contribution in [0.5, 0.6) is 0 Å². The van der Waals surface area contributed by atoms with Crippen molar-refractivity contribution in [1.29, 1.82) is 0 Å². The fourth-order valence-electron chi connectivity index (χ4n) is 2.77. The molecule has 0 unspecified atom stereocenters. The fourth-order valence-corrected chi connectivity index (χ4v) is 3.85. The predicted octanol–water partition coefficient (Wildman–Crippen LogP) is 5.98. The first-order valence-corrected chi connectivity index (χ1v) is 10.3. The van der Waals surface area contributed by atoms with Crippen molar-refractivity contribution in [3.8, 4) is 0 Å². The average Bonchev–Trinajstić information content (AvgIpc) is 3.07. The van der Waals surface area contributed by atoms with Gasteiger partial charge in [-0.25, -0.2) is 9.97 Å². The molecular weight excluding hydrogens is 417 g/mol. The van der Waals surface area contributed by atoms with Crippen molar-refractivity contribution in [3.63, 3.8) is 0 Å². The van der Waals surface area contributed by atoms with Crippen molar-refractivity contribution in [2.75, 3.05) is 11.1 Å². The summed E-state index contributed by atoms with van der Waals surface area (Å²) in [5.74, 6) is 0.711. The van der Waals surface area contributed by atoms with Crippen molar-refractivity contribution in [3.05, 3.63) is 58.3 Å². The molecule has 4 aromatic rings. The number of halogens is 2. The van der Waals surface area contributed by atoms with Gasteiger partial charge in [0.05, 0.1) is 15.8 Å². The second kappa shape index (κ2) is 7.99. The van der Waals surface area contributed by atoms with E-state index in [0.29, 0.717) is 38.6 Å². The third-order valence-corrected chi connectivity index (χ3v) is 5.79. The van der Waals surface area contributed by atoms with Gasteiger partial charge in [0.15, 0.2) is 5.58 Å². The molecule has 2 heterocycles. The number of carbonyl (C=O) groups excluding carboxylic acids is 1. The van der Waals surface area contributed by atoms with E-state index in [0.717, 1.165) is 16.5 Å². The number of hydrogen-bond acceptors (Lipinski definition) is 5. The van der Waals surface area contributed by atoms with Crippen LogP contribution in [0.25, 0.3) is 22.1 Å². The molecule has 1 N–H and O–H groups in total. The summed E-state index contributed by atoms with van der Waals surface area (Å²) in [6, 6.07) is 12.7. The number of thioether (sulfide) groups is 1. The number of amides is 1. The molecule has 4 rings (SSSR count). The zero-order valence-corrected chi connectivity index (χ0v) is 17.2. The largest absolute Gasteiger partial charge is 0.451 e. The number of rotatable bonds is 5. The highest BCUT2D eigenvalue weighted by molar-refractivity contribution is 8.00. The summed E-state index contributed by atoms with van der Waals surface area (Å²) in [7, 11) is 0. The van der Waals surface area contributed by atoms with Crippen molar-refractivity contribution >= 4 is 68.6 Å². The minimum absolute atomic E-state index is 0.173. The molecule has 28 heavy (non-hydrogen) atoms. The first-order chi connectivity index (χ1) is 13.5. The molecule has 142 valence electrons. The first kappa shape index (κ1) is 19.1. The van der Waals surface area contributed by atoms with Crippen LogP contribution >= 0.6 is 35.0 Å². The molecule has 0 aliphatic heterocycles. The van der Waals surface area contributed by atoms with Gasteiger partial charge >= 0.3 is 0 Å². The van der Waals surface area contributed by atoms with Crippen LogP contribution < -0.4 is 5.32 Å². The monoisotopic (exact) mass is 431 g/mol.